The van der Waals surface area contributed by atoms with Crippen molar-refractivity contribution in [1.29, 1.82) is 0 Å². The van der Waals surface area contributed by atoms with Crippen LogP contribution >= 0.6 is 34.0 Å². The molecule has 3 rings (SSSR count). The molecule has 2 fully saturated rings. The number of hydrogen-bond acceptors (Lipinski definition) is 4. The summed E-state index contributed by atoms with van der Waals surface area (Å²) in [5, 5.41) is 0. The molecule has 0 N–H and O–H groups in total. The first-order valence-corrected chi connectivity index (χ1v) is 13.6. The molecule has 6 nitrogen and oxygen atoms in total. The van der Waals surface area contributed by atoms with Crippen molar-refractivity contribution in [3.63, 3.8) is 0 Å². The molecule has 2 atom stereocenters. The maximum absolute atomic E-state index is 12.8. The number of benzene rings is 1. The highest BCUT2D eigenvalue weighted by atomic mass is 79.9. The van der Waals surface area contributed by atoms with Crippen LogP contribution in [0.3, 0.4) is 0 Å². The summed E-state index contributed by atoms with van der Waals surface area (Å²) in [7, 11) is 0. The number of halogens is 2. The van der Waals surface area contributed by atoms with Crippen molar-refractivity contribution < 1.29 is 9.59 Å². The van der Waals surface area contributed by atoms with Gasteiger partial charge in [0, 0.05) is 52.4 Å². The Morgan fingerprint density at radius 1 is 0.694 bits per heavy atom. The fourth-order valence-corrected chi connectivity index (χ4v) is 5.65. The zero-order chi connectivity index (χ0) is 24.5. The van der Waals surface area contributed by atoms with Gasteiger partial charge in [-0.25, -0.2) is 0 Å². The lowest BCUT2D eigenvalue weighted by molar-refractivity contribution is -0.137. The van der Waals surface area contributed by atoms with Crippen molar-refractivity contribution in [1.82, 2.24) is 19.6 Å². The Balaban J connectivity index is 0.00000324. The molecule has 0 unspecified atom stereocenters. The van der Waals surface area contributed by atoms with Gasteiger partial charge in [-0.3, -0.25) is 19.4 Å². The zero-order valence-electron chi connectivity index (χ0n) is 22.8. The van der Waals surface area contributed by atoms with Gasteiger partial charge in [-0.1, -0.05) is 24.3 Å². The average Bonchev–Trinajstić information content (AvgIpc) is 2.87. The first kappa shape index (κ1) is 33.1. The topological polar surface area (TPSA) is 47.1 Å². The van der Waals surface area contributed by atoms with Gasteiger partial charge in [0.25, 0.3) is 0 Å². The van der Waals surface area contributed by atoms with E-state index in [9.17, 15) is 9.59 Å². The Labute approximate surface area is 240 Å². The summed E-state index contributed by atoms with van der Waals surface area (Å²) in [5.74, 6) is 0.923. The number of rotatable bonds is 10. The minimum atomic E-state index is 0. The van der Waals surface area contributed by atoms with Gasteiger partial charge in [-0.15, -0.1) is 34.0 Å². The number of carbonyl (C=O) groups excluding carboxylic acids is 2. The van der Waals surface area contributed by atoms with E-state index >= 15 is 0 Å². The molecule has 0 spiro atoms. The molecule has 0 saturated carbocycles. The lowest BCUT2D eigenvalue weighted by Gasteiger charge is -2.35. The molecule has 2 heterocycles. The summed E-state index contributed by atoms with van der Waals surface area (Å²) in [5.41, 5.74) is 2.63. The van der Waals surface area contributed by atoms with Gasteiger partial charge in [-0.05, 0) is 77.6 Å². The highest BCUT2D eigenvalue weighted by Crippen LogP contribution is 2.23. The van der Waals surface area contributed by atoms with Crippen LogP contribution in [0.2, 0.25) is 0 Å². The van der Waals surface area contributed by atoms with Crippen LogP contribution in [0.1, 0.15) is 64.5 Å². The van der Waals surface area contributed by atoms with Gasteiger partial charge < -0.3 is 9.80 Å². The molecule has 8 heteroatoms. The second-order valence-electron chi connectivity index (χ2n) is 9.99. The summed E-state index contributed by atoms with van der Waals surface area (Å²) in [6.45, 7) is 17.2. The van der Waals surface area contributed by atoms with E-state index in [4.69, 9.17) is 0 Å². The lowest BCUT2D eigenvalue weighted by Crippen LogP contribution is -2.44. The van der Waals surface area contributed by atoms with Crippen LogP contribution in [0.15, 0.2) is 24.3 Å². The van der Waals surface area contributed by atoms with Crippen molar-refractivity contribution in [3.8, 4) is 0 Å². The number of hydrogen-bond donors (Lipinski definition) is 0. The smallest absolute Gasteiger partial charge is 0.226 e. The molecule has 1 aromatic carbocycles. The maximum atomic E-state index is 12.8. The van der Waals surface area contributed by atoms with Crippen LogP contribution < -0.4 is 0 Å². The predicted molar refractivity (Wildman–Crippen MR) is 159 cm³/mol. The highest BCUT2D eigenvalue weighted by molar-refractivity contribution is 8.93. The minimum absolute atomic E-state index is 0. The van der Waals surface area contributed by atoms with Gasteiger partial charge in [0.05, 0.1) is 11.8 Å². The van der Waals surface area contributed by atoms with Gasteiger partial charge in [0.2, 0.25) is 11.8 Å². The Bertz CT molecular complexity index is 719. The molecule has 2 aliphatic rings. The highest BCUT2D eigenvalue weighted by Gasteiger charge is 2.29. The van der Waals surface area contributed by atoms with E-state index in [1.165, 1.54) is 11.1 Å². The molecule has 36 heavy (non-hydrogen) atoms. The van der Waals surface area contributed by atoms with Gasteiger partial charge in [-0.2, -0.15) is 0 Å². The molecule has 206 valence electrons. The monoisotopic (exact) mass is 630 g/mol. The van der Waals surface area contributed by atoms with E-state index in [0.717, 1.165) is 91.1 Å². The number of piperidine rings is 2. The van der Waals surface area contributed by atoms with E-state index in [2.05, 4.69) is 61.8 Å². The fourth-order valence-electron chi connectivity index (χ4n) is 5.65. The molecule has 2 saturated heterocycles. The summed E-state index contributed by atoms with van der Waals surface area (Å²) in [6, 6.07) is 8.97. The van der Waals surface area contributed by atoms with Crippen LogP contribution in [0, 0.1) is 11.8 Å². The van der Waals surface area contributed by atoms with E-state index in [1.807, 2.05) is 9.80 Å². The third kappa shape index (κ3) is 9.10. The Hall–Kier alpha value is -0.960. The van der Waals surface area contributed by atoms with Crippen molar-refractivity contribution in [3.05, 3.63) is 35.4 Å². The lowest BCUT2D eigenvalue weighted by atomic mass is 9.95. The van der Waals surface area contributed by atoms with Gasteiger partial charge in [0.1, 0.15) is 0 Å². The Morgan fingerprint density at radius 3 is 1.33 bits per heavy atom. The van der Waals surface area contributed by atoms with Crippen LogP contribution in [0.4, 0.5) is 0 Å². The summed E-state index contributed by atoms with van der Waals surface area (Å²) in [4.78, 5) is 34.4. The van der Waals surface area contributed by atoms with E-state index in [0.29, 0.717) is 11.8 Å². The normalized spacial score (nSPS) is 20.7. The molecule has 2 aliphatic heterocycles. The van der Waals surface area contributed by atoms with Crippen molar-refractivity contribution in [2.75, 3.05) is 52.4 Å². The zero-order valence-corrected chi connectivity index (χ0v) is 26.2. The number of amides is 2. The molecule has 1 aromatic rings. The summed E-state index contributed by atoms with van der Waals surface area (Å²) < 4.78 is 0. The Kier molecular flexibility index (Phi) is 15.4. The molecule has 0 aromatic heterocycles. The van der Waals surface area contributed by atoms with Gasteiger partial charge in [0.15, 0.2) is 0 Å². The molecular formula is C28H48Br2N4O2. The summed E-state index contributed by atoms with van der Waals surface area (Å²) >= 11 is 0. The minimum Gasteiger partial charge on any atom is -0.343 e. The Morgan fingerprint density at radius 2 is 1.03 bits per heavy atom. The van der Waals surface area contributed by atoms with E-state index in [1.54, 1.807) is 0 Å². The molecule has 0 aliphatic carbocycles. The van der Waals surface area contributed by atoms with Crippen molar-refractivity contribution in [2.24, 2.45) is 11.8 Å². The van der Waals surface area contributed by atoms with E-state index < -0.39 is 0 Å². The van der Waals surface area contributed by atoms with Crippen molar-refractivity contribution in [2.45, 2.75) is 66.5 Å². The first-order chi connectivity index (χ1) is 16.5. The van der Waals surface area contributed by atoms with Crippen molar-refractivity contribution >= 4 is 45.8 Å². The first-order valence-electron chi connectivity index (χ1n) is 13.6. The number of carbonyl (C=O) groups is 2. The molecule has 2 amide bonds. The molecule has 0 radical (unpaired) electrons. The standard InChI is InChI=1S/C28H46N4O2.2BrH/c1-5-31(6-2)27(33)25-11-9-17-29(21-25)19-23-13-15-24(16-14-23)20-30-18-10-12-26(22-30)28(34)32(7-3)8-4;;/h13-16,25-26H,5-12,17-22H2,1-4H3;2*1H/t25-,26-;;/m1../s1. The van der Waals surface area contributed by atoms with Crippen LogP contribution in [0.5, 0.6) is 0 Å². The van der Waals surface area contributed by atoms with Gasteiger partial charge >= 0.3 is 0 Å². The maximum Gasteiger partial charge on any atom is 0.226 e. The fraction of sp³-hybridized carbons (Fsp3) is 0.714. The third-order valence-electron chi connectivity index (χ3n) is 7.70. The largest absolute Gasteiger partial charge is 0.343 e. The van der Waals surface area contributed by atoms with E-state index in [-0.39, 0.29) is 45.8 Å². The molecular weight excluding hydrogens is 584 g/mol. The third-order valence-corrected chi connectivity index (χ3v) is 7.70. The SMILES string of the molecule is Br.Br.CCN(CC)C(=O)[C@@H]1CCCN(Cc2ccc(CN3CCC[C@@H](C(=O)N(CC)CC)C3)cc2)C1. The predicted octanol–water partition coefficient (Wildman–Crippen LogP) is 5.00. The second kappa shape index (κ2) is 16.8. The molecule has 0 bridgehead atoms. The van der Waals surface area contributed by atoms with Crippen LogP contribution in [-0.2, 0) is 22.7 Å². The van der Waals surface area contributed by atoms with Crippen LogP contribution in [-0.4, -0.2) is 83.8 Å². The number of likely N-dealkylation sites (tertiary alicyclic amines) is 2. The quantitative estimate of drug-likeness (QED) is 0.365. The summed E-state index contributed by atoms with van der Waals surface area (Å²) in [6.07, 6.45) is 4.22. The second-order valence-corrected chi connectivity index (χ2v) is 9.99. The average molecular weight is 633 g/mol. The number of nitrogens with zero attached hydrogens (tertiary/aromatic N) is 4. The van der Waals surface area contributed by atoms with Crippen LogP contribution in [0.25, 0.3) is 0 Å².